The average Bonchev–Trinajstić information content (AvgIpc) is 2.97. The molecular formula is C8H11F5O3. The fourth-order valence-corrected chi connectivity index (χ4v) is 0.659. The molecule has 96 valence electrons. The Labute approximate surface area is 88.5 Å². The third kappa shape index (κ3) is 6.91. The highest BCUT2D eigenvalue weighted by Crippen LogP contribution is 2.22. The summed E-state index contributed by atoms with van der Waals surface area (Å²) in [6.07, 6.45) is -8.75. The van der Waals surface area contributed by atoms with Crippen molar-refractivity contribution < 1.29 is 36.2 Å². The van der Waals surface area contributed by atoms with Crippen molar-refractivity contribution in [1.29, 1.82) is 0 Å². The van der Waals surface area contributed by atoms with Gasteiger partial charge in [0.15, 0.2) is 0 Å². The fraction of sp³-hybridized carbons (Fsp3) is 1.00. The number of halogens is 5. The van der Waals surface area contributed by atoms with Crippen LogP contribution in [0, 0.1) is 0 Å². The van der Waals surface area contributed by atoms with Crippen molar-refractivity contribution in [3.8, 4) is 0 Å². The van der Waals surface area contributed by atoms with Crippen molar-refractivity contribution in [2.45, 2.75) is 24.8 Å². The van der Waals surface area contributed by atoms with E-state index in [9.17, 15) is 22.0 Å². The van der Waals surface area contributed by atoms with Crippen LogP contribution in [0.5, 0.6) is 0 Å². The van der Waals surface area contributed by atoms with Crippen molar-refractivity contribution >= 4 is 0 Å². The maximum atomic E-state index is 10.4. The predicted octanol–water partition coefficient (Wildman–Crippen LogP) is 1.61. The lowest BCUT2D eigenvalue weighted by atomic mass is 10.5. The summed E-state index contributed by atoms with van der Waals surface area (Å²) < 4.78 is 67.2. The minimum absolute atomic E-state index is 0.392. The van der Waals surface area contributed by atoms with Crippen molar-refractivity contribution in [2.24, 2.45) is 0 Å². The molecule has 0 amide bonds. The number of epoxide rings is 2. The van der Waals surface area contributed by atoms with E-state index in [1.165, 1.54) is 0 Å². The molecule has 2 atom stereocenters. The Bertz CT molecular complexity index is 188. The number of hydrogen-bond donors (Lipinski definition) is 0. The molecular weight excluding hydrogens is 239 g/mol. The lowest BCUT2D eigenvalue weighted by molar-refractivity contribution is -0.219. The van der Waals surface area contributed by atoms with Crippen LogP contribution >= 0.6 is 0 Å². The zero-order chi connectivity index (χ0) is 12.2. The molecule has 0 aromatic heterocycles. The van der Waals surface area contributed by atoms with Crippen LogP contribution < -0.4 is 0 Å². The van der Waals surface area contributed by atoms with Gasteiger partial charge in [-0.25, -0.2) is 8.78 Å². The van der Waals surface area contributed by atoms with Crippen LogP contribution in [0.25, 0.3) is 0 Å². The second-order valence-electron chi connectivity index (χ2n) is 3.29. The molecule has 16 heavy (non-hydrogen) atoms. The van der Waals surface area contributed by atoms with Gasteiger partial charge in [0.25, 0.3) is 0 Å². The molecule has 0 aromatic rings. The van der Waals surface area contributed by atoms with E-state index in [0.717, 1.165) is 26.4 Å². The van der Waals surface area contributed by atoms with E-state index in [0.29, 0.717) is 12.2 Å². The summed E-state index contributed by atoms with van der Waals surface area (Å²) in [5.74, 6) is 0. The first-order valence-electron chi connectivity index (χ1n) is 4.55. The van der Waals surface area contributed by atoms with E-state index in [1.807, 2.05) is 0 Å². The molecule has 0 bridgehead atoms. The Kier molecular flexibility index (Phi) is 4.88. The largest absolute Gasteiger partial charge is 0.450 e. The van der Waals surface area contributed by atoms with Gasteiger partial charge in [-0.05, 0) is 0 Å². The van der Waals surface area contributed by atoms with E-state index in [2.05, 4.69) is 0 Å². The Morgan fingerprint density at radius 3 is 1.56 bits per heavy atom. The summed E-state index contributed by atoms with van der Waals surface area (Å²) in [5.41, 5.74) is 0. The van der Waals surface area contributed by atoms with Crippen molar-refractivity contribution in [2.75, 3.05) is 26.4 Å². The van der Waals surface area contributed by atoms with Gasteiger partial charge in [-0.3, -0.25) is 0 Å². The Balaban J connectivity index is 0.000000168. The van der Waals surface area contributed by atoms with Crippen LogP contribution in [0.15, 0.2) is 0 Å². The molecule has 8 heteroatoms. The van der Waals surface area contributed by atoms with Crippen molar-refractivity contribution in [3.05, 3.63) is 0 Å². The standard InChI is InChI=1S/C6H10O3.C2HF5/c1(5-3-8-5)7-2-6-4-9-6;3-1(4)2(5,6)7/h5-6H,1-4H2;1H. The third-order valence-electron chi connectivity index (χ3n) is 1.66. The van der Waals surface area contributed by atoms with Crippen LogP contribution in [0.4, 0.5) is 22.0 Å². The van der Waals surface area contributed by atoms with Gasteiger partial charge in [0.05, 0.1) is 26.4 Å². The normalized spacial score (nSPS) is 27.4. The van der Waals surface area contributed by atoms with Gasteiger partial charge >= 0.3 is 12.6 Å². The Hall–Kier alpha value is -0.470. The summed E-state index contributed by atoms with van der Waals surface area (Å²) >= 11 is 0. The summed E-state index contributed by atoms with van der Waals surface area (Å²) in [6.45, 7) is 3.26. The molecule has 0 spiro atoms. The molecule has 2 heterocycles. The summed E-state index contributed by atoms with van der Waals surface area (Å²) in [7, 11) is 0. The van der Waals surface area contributed by atoms with E-state index >= 15 is 0 Å². The fourth-order valence-electron chi connectivity index (χ4n) is 0.659. The first-order valence-corrected chi connectivity index (χ1v) is 4.55. The van der Waals surface area contributed by atoms with Gasteiger partial charge in [-0.2, -0.15) is 13.2 Å². The molecule has 2 aliphatic heterocycles. The van der Waals surface area contributed by atoms with E-state index in [1.54, 1.807) is 0 Å². The highest BCUT2D eigenvalue weighted by atomic mass is 19.4. The molecule has 2 fully saturated rings. The summed E-state index contributed by atoms with van der Waals surface area (Å²) in [6, 6.07) is 0. The molecule has 2 rings (SSSR count). The summed E-state index contributed by atoms with van der Waals surface area (Å²) in [4.78, 5) is 0. The number of alkyl halides is 5. The van der Waals surface area contributed by atoms with Crippen LogP contribution in [0.3, 0.4) is 0 Å². The van der Waals surface area contributed by atoms with Gasteiger partial charge < -0.3 is 14.2 Å². The topological polar surface area (TPSA) is 34.3 Å². The van der Waals surface area contributed by atoms with Crippen LogP contribution in [0.1, 0.15) is 0 Å². The van der Waals surface area contributed by atoms with Crippen molar-refractivity contribution in [3.63, 3.8) is 0 Å². The minimum atomic E-state index is -5.33. The highest BCUT2D eigenvalue weighted by Gasteiger charge is 2.40. The smallest absolute Gasteiger partial charge is 0.376 e. The minimum Gasteiger partial charge on any atom is -0.376 e. The monoisotopic (exact) mass is 250 g/mol. The van der Waals surface area contributed by atoms with Gasteiger partial charge in [0.1, 0.15) is 12.2 Å². The lowest BCUT2D eigenvalue weighted by Gasteiger charge is -2.00. The van der Waals surface area contributed by atoms with Gasteiger partial charge in [0.2, 0.25) is 0 Å². The molecule has 0 aromatic carbocycles. The molecule has 0 radical (unpaired) electrons. The Morgan fingerprint density at radius 1 is 1.06 bits per heavy atom. The van der Waals surface area contributed by atoms with E-state index in [-0.39, 0.29) is 0 Å². The highest BCUT2D eigenvalue weighted by molar-refractivity contribution is 4.71. The van der Waals surface area contributed by atoms with Gasteiger partial charge in [0, 0.05) is 0 Å². The van der Waals surface area contributed by atoms with Crippen LogP contribution in [-0.2, 0) is 14.2 Å². The molecule has 2 saturated heterocycles. The second-order valence-corrected chi connectivity index (χ2v) is 3.29. The zero-order valence-corrected chi connectivity index (χ0v) is 8.18. The Morgan fingerprint density at radius 2 is 1.38 bits per heavy atom. The van der Waals surface area contributed by atoms with Gasteiger partial charge in [-0.1, -0.05) is 0 Å². The molecule has 2 unspecified atom stereocenters. The molecule has 0 saturated carbocycles. The molecule has 0 N–H and O–H groups in total. The van der Waals surface area contributed by atoms with Crippen molar-refractivity contribution in [1.82, 2.24) is 0 Å². The third-order valence-corrected chi connectivity index (χ3v) is 1.66. The number of hydrogen-bond acceptors (Lipinski definition) is 3. The first kappa shape index (κ1) is 13.6. The second kappa shape index (κ2) is 5.74. The van der Waals surface area contributed by atoms with Crippen LogP contribution in [0.2, 0.25) is 0 Å². The molecule has 2 aliphatic rings. The maximum Gasteiger partial charge on any atom is 0.450 e. The summed E-state index contributed by atoms with van der Waals surface area (Å²) in [5, 5.41) is 0. The van der Waals surface area contributed by atoms with Crippen LogP contribution in [-0.4, -0.2) is 51.2 Å². The SMILES string of the molecule is C(OCC1CO1)C1CO1.FC(F)C(F)(F)F. The maximum absolute atomic E-state index is 10.4. The van der Waals surface area contributed by atoms with E-state index in [4.69, 9.17) is 14.2 Å². The lowest BCUT2D eigenvalue weighted by Crippen LogP contribution is -2.18. The first-order chi connectivity index (χ1) is 7.39. The average molecular weight is 250 g/mol. The zero-order valence-electron chi connectivity index (χ0n) is 8.18. The quantitative estimate of drug-likeness (QED) is 0.561. The predicted molar refractivity (Wildman–Crippen MR) is 42.4 cm³/mol. The number of ether oxygens (including phenoxy) is 3. The van der Waals surface area contributed by atoms with E-state index < -0.39 is 12.6 Å². The molecule has 3 nitrogen and oxygen atoms in total. The molecule has 0 aliphatic carbocycles. The number of rotatable bonds is 4. The van der Waals surface area contributed by atoms with Gasteiger partial charge in [-0.15, -0.1) is 0 Å².